The van der Waals surface area contributed by atoms with Crippen molar-refractivity contribution in [3.8, 4) is 39.0 Å². The van der Waals surface area contributed by atoms with Crippen LogP contribution >= 0.6 is 11.3 Å². The Labute approximate surface area is 219 Å². The van der Waals surface area contributed by atoms with Gasteiger partial charge >= 0.3 is 0 Å². The summed E-state index contributed by atoms with van der Waals surface area (Å²) in [5.41, 5.74) is 6.81. The number of thiophene rings is 1. The molecule has 0 unspecified atom stereocenters. The molecule has 1 aromatic carbocycles. The molecule has 0 aliphatic rings. The lowest BCUT2D eigenvalue weighted by molar-refractivity contribution is 0.305. The molecule has 184 valence electrons. The standard InChI is InChI=1S/C28H18FN7OS/c29-24-9-8-23(38-24)19-13-31-14-22-25(19)34-28(33-22)27-26-21(35-36-27)7-6-20(32-26)17-10-18(12-30-11-17)37-15-16-4-2-1-3-5-16/h1-14H,15H2,(H,33,34)(H,35,36). The third-order valence-electron chi connectivity index (χ3n) is 6.12. The van der Waals surface area contributed by atoms with Gasteiger partial charge in [-0.1, -0.05) is 30.3 Å². The highest BCUT2D eigenvalue weighted by Gasteiger charge is 2.18. The number of nitrogens with one attached hydrogen (secondary N) is 2. The van der Waals surface area contributed by atoms with E-state index in [1.807, 2.05) is 48.5 Å². The van der Waals surface area contributed by atoms with Crippen LogP contribution in [-0.4, -0.2) is 35.1 Å². The summed E-state index contributed by atoms with van der Waals surface area (Å²) in [6.45, 7) is 0.450. The summed E-state index contributed by atoms with van der Waals surface area (Å²) in [4.78, 5) is 22.4. The van der Waals surface area contributed by atoms with Gasteiger partial charge in [0.15, 0.2) is 16.6 Å². The normalized spacial score (nSPS) is 11.4. The van der Waals surface area contributed by atoms with Crippen molar-refractivity contribution >= 4 is 33.4 Å². The summed E-state index contributed by atoms with van der Waals surface area (Å²) in [6, 6.07) is 18.9. The van der Waals surface area contributed by atoms with E-state index in [2.05, 4.69) is 25.1 Å². The van der Waals surface area contributed by atoms with Crippen LogP contribution in [0.15, 0.2) is 85.5 Å². The van der Waals surface area contributed by atoms with Crippen LogP contribution in [0.5, 0.6) is 5.75 Å². The number of H-pyrrole nitrogens is 2. The number of imidazole rings is 1. The van der Waals surface area contributed by atoms with Crippen LogP contribution in [0.25, 0.3) is 55.3 Å². The molecule has 0 atom stereocenters. The number of ether oxygens (including phenoxy) is 1. The van der Waals surface area contributed by atoms with E-state index in [-0.39, 0.29) is 5.13 Å². The predicted molar refractivity (Wildman–Crippen MR) is 144 cm³/mol. The van der Waals surface area contributed by atoms with Crippen molar-refractivity contribution < 1.29 is 9.13 Å². The van der Waals surface area contributed by atoms with E-state index in [9.17, 15) is 4.39 Å². The summed E-state index contributed by atoms with van der Waals surface area (Å²) in [5, 5.41) is 7.26. The predicted octanol–water partition coefficient (Wildman–Crippen LogP) is 6.40. The number of aromatic nitrogens is 7. The van der Waals surface area contributed by atoms with Crippen LogP contribution < -0.4 is 4.74 Å². The van der Waals surface area contributed by atoms with Gasteiger partial charge in [0, 0.05) is 28.4 Å². The highest BCUT2D eigenvalue weighted by atomic mass is 32.1. The first-order valence-electron chi connectivity index (χ1n) is 11.8. The van der Waals surface area contributed by atoms with Crippen LogP contribution in [-0.2, 0) is 6.61 Å². The lowest BCUT2D eigenvalue weighted by Crippen LogP contribution is -1.96. The maximum atomic E-state index is 13.7. The molecule has 7 aromatic rings. The maximum Gasteiger partial charge on any atom is 0.176 e. The average molecular weight is 520 g/mol. The van der Waals surface area contributed by atoms with Gasteiger partial charge in [0.2, 0.25) is 0 Å². The van der Waals surface area contributed by atoms with E-state index in [0.717, 1.165) is 49.6 Å². The summed E-state index contributed by atoms with van der Waals surface area (Å²) < 4.78 is 19.6. The number of aromatic amines is 2. The van der Waals surface area contributed by atoms with E-state index in [0.29, 0.717) is 34.9 Å². The molecule has 10 heteroatoms. The Kier molecular flexibility index (Phi) is 5.37. The zero-order valence-electron chi connectivity index (χ0n) is 19.7. The van der Waals surface area contributed by atoms with Crippen molar-refractivity contribution in [2.75, 3.05) is 0 Å². The van der Waals surface area contributed by atoms with Gasteiger partial charge < -0.3 is 9.72 Å². The van der Waals surface area contributed by atoms with Crippen LogP contribution in [0.4, 0.5) is 4.39 Å². The van der Waals surface area contributed by atoms with Crippen LogP contribution in [0, 0.1) is 5.13 Å². The van der Waals surface area contributed by atoms with Gasteiger partial charge in [-0.3, -0.25) is 15.1 Å². The number of rotatable bonds is 6. The van der Waals surface area contributed by atoms with E-state index in [4.69, 9.17) is 14.7 Å². The monoisotopic (exact) mass is 519 g/mol. The van der Waals surface area contributed by atoms with Crippen molar-refractivity contribution in [3.63, 3.8) is 0 Å². The maximum absolute atomic E-state index is 13.7. The number of benzene rings is 1. The quantitative estimate of drug-likeness (QED) is 0.263. The second kappa shape index (κ2) is 9.16. The fourth-order valence-electron chi connectivity index (χ4n) is 4.29. The molecule has 0 fully saturated rings. The smallest absolute Gasteiger partial charge is 0.176 e. The molecule has 0 spiro atoms. The van der Waals surface area contributed by atoms with Crippen LogP contribution in [0.3, 0.4) is 0 Å². The van der Waals surface area contributed by atoms with Gasteiger partial charge in [0.1, 0.15) is 23.4 Å². The number of hydrogen-bond acceptors (Lipinski definition) is 7. The Morgan fingerprint density at radius 3 is 2.61 bits per heavy atom. The number of nitrogens with zero attached hydrogens (tertiary/aromatic N) is 5. The van der Waals surface area contributed by atoms with Crippen LogP contribution in [0.2, 0.25) is 0 Å². The van der Waals surface area contributed by atoms with Crippen molar-refractivity contribution in [1.82, 2.24) is 35.1 Å². The molecule has 0 aliphatic heterocycles. The molecule has 8 nitrogen and oxygen atoms in total. The minimum Gasteiger partial charge on any atom is -0.487 e. The fraction of sp³-hybridized carbons (Fsp3) is 0.0357. The van der Waals surface area contributed by atoms with Gasteiger partial charge in [-0.2, -0.15) is 9.49 Å². The van der Waals surface area contributed by atoms with Gasteiger partial charge in [0.05, 0.1) is 29.1 Å². The van der Waals surface area contributed by atoms with Crippen molar-refractivity contribution in [2.45, 2.75) is 6.61 Å². The molecule has 0 radical (unpaired) electrons. The van der Waals surface area contributed by atoms with Crippen molar-refractivity contribution in [1.29, 1.82) is 0 Å². The number of pyridine rings is 3. The lowest BCUT2D eigenvalue weighted by Gasteiger charge is -2.08. The first kappa shape index (κ1) is 22.3. The molecule has 6 heterocycles. The Hall–Kier alpha value is -4.96. The zero-order chi connectivity index (χ0) is 25.5. The van der Waals surface area contributed by atoms with E-state index in [1.54, 1.807) is 30.9 Å². The largest absolute Gasteiger partial charge is 0.487 e. The number of fused-ring (bicyclic) bond motifs is 2. The first-order valence-corrected chi connectivity index (χ1v) is 12.6. The third kappa shape index (κ3) is 4.06. The average Bonchev–Trinajstić information content (AvgIpc) is 3.70. The molecular formula is C28H18FN7OS. The third-order valence-corrected chi connectivity index (χ3v) is 7.03. The Morgan fingerprint density at radius 1 is 0.842 bits per heavy atom. The van der Waals surface area contributed by atoms with Gasteiger partial charge in [-0.05, 0) is 35.9 Å². The van der Waals surface area contributed by atoms with Gasteiger partial charge in [-0.25, -0.2) is 9.97 Å². The SMILES string of the molecule is Fc1ccc(-c2cncc3[nH]c(-c4n[nH]c5ccc(-c6cncc(OCc7ccccc7)c6)nc45)nc23)s1. The second-order valence-corrected chi connectivity index (χ2v) is 9.65. The molecule has 38 heavy (non-hydrogen) atoms. The Balaban J connectivity index is 1.24. The Bertz CT molecular complexity index is 1910. The molecule has 7 rings (SSSR count). The lowest BCUT2D eigenvalue weighted by atomic mass is 10.1. The molecule has 0 aliphatic carbocycles. The number of hydrogen-bond donors (Lipinski definition) is 2. The fourth-order valence-corrected chi connectivity index (χ4v) is 5.03. The Morgan fingerprint density at radius 2 is 1.74 bits per heavy atom. The van der Waals surface area contributed by atoms with Crippen LogP contribution in [0.1, 0.15) is 5.56 Å². The topological polar surface area (TPSA) is 105 Å². The number of halogens is 1. The summed E-state index contributed by atoms with van der Waals surface area (Å²) >= 11 is 1.06. The summed E-state index contributed by atoms with van der Waals surface area (Å²) in [7, 11) is 0. The molecule has 0 saturated carbocycles. The minimum absolute atomic E-state index is 0.258. The van der Waals surface area contributed by atoms with E-state index < -0.39 is 0 Å². The molecule has 6 aromatic heterocycles. The highest BCUT2D eigenvalue weighted by molar-refractivity contribution is 7.14. The highest BCUT2D eigenvalue weighted by Crippen LogP contribution is 2.34. The zero-order valence-corrected chi connectivity index (χ0v) is 20.5. The molecule has 0 amide bonds. The molecule has 0 saturated heterocycles. The minimum atomic E-state index is -0.258. The van der Waals surface area contributed by atoms with E-state index in [1.165, 1.54) is 6.07 Å². The molecule has 2 N–H and O–H groups in total. The first-order chi connectivity index (χ1) is 18.7. The van der Waals surface area contributed by atoms with Crippen molar-refractivity contribution in [3.05, 3.63) is 96.1 Å². The van der Waals surface area contributed by atoms with E-state index >= 15 is 0 Å². The second-order valence-electron chi connectivity index (χ2n) is 8.62. The van der Waals surface area contributed by atoms with Gasteiger partial charge in [0.25, 0.3) is 0 Å². The summed E-state index contributed by atoms with van der Waals surface area (Å²) in [6.07, 6.45) is 6.83. The van der Waals surface area contributed by atoms with Crippen molar-refractivity contribution in [2.24, 2.45) is 0 Å². The molecule has 0 bridgehead atoms. The molecular weight excluding hydrogens is 501 g/mol. The summed E-state index contributed by atoms with van der Waals surface area (Å²) in [5.74, 6) is 1.20. The van der Waals surface area contributed by atoms with Gasteiger partial charge in [-0.15, -0.1) is 11.3 Å².